The lowest BCUT2D eigenvalue weighted by Gasteiger charge is -2.31. The largest absolute Gasteiger partial charge is 0.493 e. The van der Waals surface area contributed by atoms with Gasteiger partial charge in [0.05, 0.1) is 37.5 Å². The molecule has 0 spiro atoms. The Bertz CT molecular complexity index is 3860. The first-order valence-corrected chi connectivity index (χ1v) is 32.4. The van der Waals surface area contributed by atoms with E-state index < -0.39 is 25.9 Å². The highest BCUT2D eigenvalue weighted by atomic mass is 32.2. The average molecular weight is 1190 g/mol. The van der Waals surface area contributed by atoms with Crippen molar-refractivity contribution in [3.05, 3.63) is 263 Å². The van der Waals surface area contributed by atoms with E-state index in [-0.39, 0.29) is 5.69 Å². The van der Waals surface area contributed by atoms with Gasteiger partial charge >= 0.3 is 0 Å². The maximum Gasteiger partial charge on any atom is 0.252 e. The van der Waals surface area contributed by atoms with Crippen LogP contribution in [-0.2, 0) is 57.6 Å². The average Bonchev–Trinajstić information content (AvgIpc) is 2.73. The zero-order chi connectivity index (χ0) is 59.7. The van der Waals surface area contributed by atoms with Gasteiger partial charge in [-0.15, -0.1) is 0 Å². The molecule has 9 aromatic carbocycles. The molecule has 0 unspecified atom stereocenters. The summed E-state index contributed by atoms with van der Waals surface area (Å²) in [5.74, 6) is 3.21. The molecule has 9 aromatic rings. The summed E-state index contributed by atoms with van der Waals surface area (Å²) >= 11 is 0. The molecule has 1 heterocycles. The molecule has 444 valence electrons. The minimum absolute atomic E-state index is 0.247. The number of anilines is 4. The molecule has 1 aliphatic rings. The lowest BCUT2D eigenvalue weighted by molar-refractivity contribution is 0.0358. The maximum absolute atomic E-state index is 14.5. The van der Waals surface area contributed by atoms with Crippen molar-refractivity contribution in [2.24, 2.45) is 0 Å². The van der Waals surface area contributed by atoms with Crippen LogP contribution in [0.25, 0.3) is 0 Å². The fourth-order valence-corrected chi connectivity index (χ4v) is 13.2. The Kier molecular flexibility index (Phi) is 20.2. The summed E-state index contributed by atoms with van der Waals surface area (Å²) in [6.07, 6.45) is 1.95. The molecule has 1 N–H and O–H groups in total. The maximum atomic E-state index is 14.5. The van der Waals surface area contributed by atoms with E-state index in [1.165, 1.54) is 0 Å². The Balaban J connectivity index is 0.828. The second-order valence-corrected chi connectivity index (χ2v) is 25.0. The fraction of sp³-hybridized carbons (Fsp3) is 0.229. The van der Waals surface area contributed by atoms with Crippen molar-refractivity contribution in [2.75, 3.05) is 70.4 Å². The Morgan fingerprint density at radius 3 is 1.43 bits per heavy atom. The van der Waals surface area contributed by atoms with E-state index in [0.717, 1.165) is 94.8 Å². The van der Waals surface area contributed by atoms with Crippen molar-refractivity contribution >= 4 is 42.8 Å². The molecule has 86 heavy (non-hydrogen) atoms. The molecule has 0 bridgehead atoms. The molecular weight excluding hydrogens is 1120 g/mol. The predicted molar refractivity (Wildman–Crippen MR) is 344 cm³/mol. The molecule has 1 aliphatic heterocycles. The third kappa shape index (κ3) is 17.2. The van der Waals surface area contributed by atoms with E-state index >= 15 is 0 Å². The summed E-state index contributed by atoms with van der Waals surface area (Å²) in [5.41, 5.74) is 8.54. The van der Waals surface area contributed by atoms with Gasteiger partial charge in [0.2, 0.25) is 10.0 Å². The Morgan fingerprint density at radius 1 is 0.465 bits per heavy atom. The minimum atomic E-state index is -4.36. The van der Waals surface area contributed by atoms with Crippen LogP contribution in [0.15, 0.2) is 224 Å². The molecule has 16 heteroatoms. The number of sulfonamides is 2. The van der Waals surface area contributed by atoms with Crippen molar-refractivity contribution in [1.29, 1.82) is 0 Å². The minimum Gasteiger partial charge on any atom is -0.493 e. The summed E-state index contributed by atoms with van der Waals surface area (Å²) in [6.45, 7) is 11.1. The van der Waals surface area contributed by atoms with Crippen LogP contribution >= 0.6 is 0 Å². The van der Waals surface area contributed by atoms with Gasteiger partial charge < -0.3 is 33.5 Å². The molecule has 0 radical (unpaired) electrons. The molecule has 0 amide bonds. The van der Waals surface area contributed by atoms with Crippen LogP contribution in [0.4, 0.5) is 22.7 Å². The molecule has 14 nitrogen and oxygen atoms in total. The SMILES string of the molecule is Cc1c(NS(=O)(=O)CN(c2cccc(N(Cc3ccccc3)Cc3ccc(Oc4cccc(OCc5ccccc5)c4)cc3)c2C)S(C)(=O)=O)cccc1N(Cc1ccccc1)Cc1ccc(Oc2cccc(OCCCN3CCOCC3)c2)cc1. The van der Waals surface area contributed by atoms with Crippen molar-refractivity contribution in [2.45, 2.75) is 53.1 Å². The molecular formula is C70H73N5O9S2. The molecule has 0 saturated carbocycles. The second-order valence-electron chi connectivity index (χ2n) is 21.4. The monoisotopic (exact) mass is 1190 g/mol. The predicted octanol–water partition coefficient (Wildman–Crippen LogP) is 14.1. The first kappa shape index (κ1) is 60.3. The van der Waals surface area contributed by atoms with Gasteiger partial charge in [0.1, 0.15) is 41.1 Å². The number of hydrogen-bond donors (Lipinski definition) is 1. The first-order chi connectivity index (χ1) is 41.8. The fourth-order valence-electron chi connectivity index (χ4n) is 10.4. The zero-order valence-electron chi connectivity index (χ0n) is 48.8. The van der Waals surface area contributed by atoms with E-state index in [1.807, 2.05) is 208 Å². The van der Waals surface area contributed by atoms with Crippen LogP contribution in [0.2, 0.25) is 0 Å². The van der Waals surface area contributed by atoms with Gasteiger partial charge in [0.15, 0.2) is 5.88 Å². The number of nitrogens with one attached hydrogen (secondary N) is 1. The van der Waals surface area contributed by atoms with E-state index in [9.17, 15) is 16.8 Å². The molecule has 1 saturated heterocycles. The van der Waals surface area contributed by atoms with Crippen LogP contribution in [-0.4, -0.2) is 73.3 Å². The van der Waals surface area contributed by atoms with Crippen LogP contribution in [0, 0.1) is 13.8 Å². The normalized spacial score (nSPS) is 12.7. The number of nitrogens with zero attached hydrogens (tertiary/aromatic N) is 4. The number of hydrogen-bond acceptors (Lipinski definition) is 12. The van der Waals surface area contributed by atoms with Crippen molar-refractivity contribution < 1.29 is 40.5 Å². The summed E-state index contributed by atoms with van der Waals surface area (Å²) in [6, 6.07) is 71.9. The van der Waals surface area contributed by atoms with Crippen LogP contribution in [0.3, 0.4) is 0 Å². The highest BCUT2D eigenvalue weighted by Crippen LogP contribution is 2.36. The van der Waals surface area contributed by atoms with E-state index in [4.69, 9.17) is 23.7 Å². The van der Waals surface area contributed by atoms with Gasteiger partial charge in [-0.2, -0.15) is 0 Å². The third-order valence-electron chi connectivity index (χ3n) is 14.8. The number of benzene rings is 9. The van der Waals surface area contributed by atoms with Crippen LogP contribution in [0.1, 0.15) is 45.4 Å². The lowest BCUT2D eigenvalue weighted by Crippen LogP contribution is -2.38. The highest BCUT2D eigenvalue weighted by Gasteiger charge is 2.29. The highest BCUT2D eigenvalue weighted by molar-refractivity contribution is 7.96. The van der Waals surface area contributed by atoms with Gasteiger partial charge in [-0.3, -0.25) is 13.9 Å². The second kappa shape index (κ2) is 28.9. The summed E-state index contributed by atoms with van der Waals surface area (Å²) < 4.78 is 90.7. The lowest BCUT2D eigenvalue weighted by atomic mass is 10.1. The summed E-state index contributed by atoms with van der Waals surface area (Å²) in [7, 11) is -8.52. The van der Waals surface area contributed by atoms with E-state index in [1.54, 1.807) is 18.2 Å². The molecule has 10 rings (SSSR count). The Hall–Kier alpha value is -8.80. The van der Waals surface area contributed by atoms with Gasteiger partial charge in [-0.25, -0.2) is 16.8 Å². The number of morpholine rings is 1. The van der Waals surface area contributed by atoms with Gasteiger partial charge in [0.25, 0.3) is 10.0 Å². The smallest absolute Gasteiger partial charge is 0.252 e. The van der Waals surface area contributed by atoms with Gasteiger partial charge in [0, 0.05) is 69.3 Å². The first-order valence-electron chi connectivity index (χ1n) is 28.9. The quantitative estimate of drug-likeness (QED) is 0.0467. The molecule has 0 aliphatic carbocycles. The van der Waals surface area contributed by atoms with Crippen molar-refractivity contribution in [3.63, 3.8) is 0 Å². The van der Waals surface area contributed by atoms with Crippen molar-refractivity contribution in [3.8, 4) is 34.5 Å². The molecule has 0 atom stereocenters. The third-order valence-corrected chi connectivity index (χ3v) is 17.3. The van der Waals surface area contributed by atoms with Gasteiger partial charge in [-0.1, -0.05) is 140 Å². The van der Waals surface area contributed by atoms with E-state index in [0.29, 0.717) is 85.0 Å². The van der Waals surface area contributed by atoms with E-state index in [2.05, 4.69) is 31.6 Å². The van der Waals surface area contributed by atoms with Crippen LogP contribution in [0.5, 0.6) is 34.5 Å². The Morgan fingerprint density at radius 2 is 0.907 bits per heavy atom. The molecule has 1 fully saturated rings. The number of ether oxygens (including phenoxy) is 5. The standard InChI is InChI=1S/C70H73N5O9S2/c1-54-67(28-15-29-68(54)73(48-56-18-7-4-8-19-56)50-58-32-36-61(37-33-58)83-65-26-13-24-63(46-65)81-43-17-40-72-41-44-80-45-42-72)71-86(78,79)53-75(85(3,76)77)70-31-16-30-69(55(70)2)74(49-57-20-9-5-10-21-57)51-59-34-38-62(39-35-59)84-66-27-14-25-64(47-66)82-52-60-22-11-6-12-23-60/h4-16,18-39,46-47,71H,17,40-45,48-53H2,1-3H3. The summed E-state index contributed by atoms with van der Waals surface area (Å²) in [4.78, 5) is 6.76. The Labute approximate surface area is 506 Å². The molecule has 0 aromatic heterocycles. The topological polar surface area (TPSA) is 139 Å². The summed E-state index contributed by atoms with van der Waals surface area (Å²) in [5, 5.41) is 0. The number of rotatable bonds is 28. The van der Waals surface area contributed by atoms with Crippen LogP contribution < -0.4 is 37.8 Å². The van der Waals surface area contributed by atoms with Crippen molar-refractivity contribution in [1.82, 2.24) is 4.90 Å². The zero-order valence-corrected chi connectivity index (χ0v) is 50.5. The van der Waals surface area contributed by atoms with Gasteiger partial charge in [-0.05, 0) is 132 Å².